The number of hydrogen-bond donors (Lipinski definition) is 4. The Labute approximate surface area is 175 Å². The molecule has 3 amide bonds. The summed E-state index contributed by atoms with van der Waals surface area (Å²) >= 11 is 0. The summed E-state index contributed by atoms with van der Waals surface area (Å²) in [5.41, 5.74) is 0.619. The number of aliphatic hydroxyl groups is 1. The molecule has 0 saturated carbocycles. The molecule has 0 aliphatic carbocycles. The van der Waals surface area contributed by atoms with E-state index in [0.717, 1.165) is 0 Å². The van der Waals surface area contributed by atoms with Crippen molar-refractivity contribution in [3.63, 3.8) is 0 Å². The van der Waals surface area contributed by atoms with Crippen LogP contribution in [0.4, 0.5) is 10.5 Å². The number of aliphatic hydroxyl groups excluding tert-OH is 1. The van der Waals surface area contributed by atoms with Crippen LogP contribution in [0.25, 0.3) is 0 Å². The maximum Gasteiger partial charge on any atom is 0.319 e. The molecule has 2 aliphatic rings. The molecule has 0 spiro atoms. The first-order valence-electron chi connectivity index (χ1n) is 9.93. The minimum atomic E-state index is -0.877. The Morgan fingerprint density at radius 1 is 1.17 bits per heavy atom. The van der Waals surface area contributed by atoms with Crippen molar-refractivity contribution in [3.8, 4) is 5.75 Å². The van der Waals surface area contributed by atoms with Gasteiger partial charge in [-0.3, -0.25) is 4.79 Å². The second kappa shape index (κ2) is 10.6. The van der Waals surface area contributed by atoms with Gasteiger partial charge in [-0.2, -0.15) is 0 Å². The third-order valence-corrected chi connectivity index (χ3v) is 5.13. The van der Waals surface area contributed by atoms with E-state index in [2.05, 4.69) is 16.0 Å². The van der Waals surface area contributed by atoms with Gasteiger partial charge < -0.3 is 40.0 Å². The van der Waals surface area contributed by atoms with Crippen LogP contribution in [0.5, 0.6) is 5.75 Å². The Bertz CT molecular complexity index is 715. The maximum absolute atomic E-state index is 12.1. The number of anilines is 1. The number of amides is 3. The highest BCUT2D eigenvalue weighted by Crippen LogP contribution is 2.35. The first kappa shape index (κ1) is 22.3. The van der Waals surface area contributed by atoms with Gasteiger partial charge in [0.25, 0.3) is 0 Å². The Morgan fingerprint density at radius 3 is 2.60 bits per heavy atom. The van der Waals surface area contributed by atoms with Crippen LogP contribution in [0.15, 0.2) is 24.3 Å². The van der Waals surface area contributed by atoms with Crippen molar-refractivity contribution in [2.75, 3.05) is 39.2 Å². The number of ether oxygens (including phenoxy) is 4. The molecule has 4 N–H and O–H groups in total. The number of carbonyl (C=O) groups excluding carboxylic acids is 2. The molecule has 2 fully saturated rings. The van der Waals surface area contributed by atoms with Gasteiger partial charge in [0.1, 0.15) is 24.1 Å². The van der Waals surface area contributed by atoms with E-state index in [9.17, 15) is 14.7 Å². The van der Waals surface area contributed by atoms with Gasteiger partial charge in [0, 0.05) is 32.3 Å². The lowest BCUT2D eigenvalue weighted by Gasteiger charge is -2.20. The fraction of sp³-hybridized carbons (Fsp3) is 0.600. The molecular weight excluding hydrogens is 394 g/mol. The molecule has 2 saturated heterocycles. The molecule has 10 nitrogen and oxygen atoms in total. The van der Waals surface area contributed by atoms with Gasteiger partial charge >= 0.3 is 6.03 Å². The summed E-state index contributed by atoms with van der Waals surface area (Å²) in [5, 5.41) is 18.6. The maximum atomic E-state index is 12.1. The molecule has 30 heavy (non-hydrogen) atoms. The zero-order valence-electron chi connectivity index (χ0n) is 17.1. The van der Waals surface area contributed by atoms with E-state index < -0.39 is 24.3 Å². The summed E-state index contributed by atoms with van der Waals surface area (Å²) in [4.78, 5) is 24.0. The predicted molar refractivity (Wildman–Crippen MR) is 107 cm³/mol. The normalized spacial score (nSPS) is 27.4. The van der Waals surface area contributed by atoms with E-state index in [1.165, 1.54) is 0 Å². The van der Waals surface area contributed by atoms with E-state index in [1.54, 1.807) is 38.5 Å². The Morgan fingerprint density at radius 2 is 1.93 bits per heavy atom. The van der Waals surface area contributed by atoms with Crippen molar-refractivity contribution in [3.05, 3.63) is 24.3 Å². The SMILES string of the molecule is COCCNC(=O)CC1CC2OC(CNC(=O)Nc3ccc(OC)cc3)C(O)C2O1. The summed E-state index contributed by atoms with van der Waals surface area (Å²) in [6, 6.07) is 6.53. The summed E-state index contributed by atoms with van der Waals surface area (Å²) in [5.74, 6) is 0.570. The molecule has 1 aromatic carbocycles. The number of fused-ring (bicyclic) bond motifs is 1. The van der Waals surface area contributed by atoms with Crippen LogP contribution in [0.1, 0.15) is 12.8 Å². The number of nitrogens with one attached hydrogen (secondary N) is 3. The molecule has 166 valence electrons. The first-order chi connectivity index (χ1) is 14.5. The van der Waals surface area contributed by atoms with E-state index in [-0.39, 0.29) is 31.1 Å². The van der Waals surface area contributed by atoms with Crippen molar-refractivity contribution in [2.24, 2.45) is 0 Å². The van der Waals surface area contributed by atoms with Gasteiger partial charge in [0.2, 0.25) is 5.91 Å². The Hall–Kier alpha value is -2.40. The molecule has 0 aromatic heterocycles. The number of urea groups is 1. The Balaban J connectivity index is 1.38. The Kier molecular flexibility index (Phi) is 7.86. The van der Waals surface area contributed by atoms with Crippen molar-refractivity contribution in [1.29, 1.82) is 0 Å². The van der Waals surface area contributed by atoms with Crippen LogP contribution < -0.4 is 20.7 Å². The lowest BCUT2D eigenvalue weighted by atomic mass is 10.1. The highest BCUT2D eigenvalue weighted by Gasteiger charge is 2.50. The molecular formula is C20H29N3O7. The molecule has 0 bridgehead atoms. The fourth-order valence-corrected chi connectivity index (χ4v) is 3.62. The molecule has 5 unspecified atom stereocenters. The van der Waals surface area contributed by atoms with Gasteiger partial charge in [-0.25, -0.2) is 4.79 Å². The first-order valence-corrected chi connectivity index (χ1v) is 9.93. The highest BCUT2D eigenvalue weighted by molar-refractivity contribution is 5.89. The van der Waals surface area contributed by atoms with Gasteiger partial charge in [-0.1, -0.05) is 0 Å². The van der Waals surface area contributed by atoms with Crippen LogP contribution in [0.2, 0.25) is 0 Å². The van der Waals surface area contributed by atoms with Crippen molar-refractivity contribution < 1.29 is 33.6 Å². The molecule has 2 aliphatic heterocycles. The van der Waals surface area contributed by atoms with Crippen molar-refractivity contribution in [1.82, 2.24) is 10.6 Å². The van der Waals surface area contributed by atoms with E-state index in [4.69, 9.17) is 18.9 Å². The van der Waals surface area contributed by atoms with Crippen LogP contribution in [0, 0.1) is 0 Å². The molecule has 2 heterocycles. The lowest BCUT2D eigenvalue weighted by Crippen LogP contribution is -2.42. The quantitative estimate of drug-likeness (QED) is 0.420. The van der Waals surface area contributed by atoms with Crippen molar-refractivity contribution >= 4 is 17.6 Å². The zero-order valence-corrected chi connectivity index (χ0v) is 17.1. The predicted octanol–water partition coefficient (Wildman–Crippen LogP) is 0.255. The third kappa shape index (κ3) is 5.82. The van der Waals surface area contributed by atoms with Crippen LogP contribution in [0.3, 0.4) is 0 Å². The number of methoxy groups -OCH3 is 2. The van der Waals surface area contributed by atoms with E-state index >= 15 is 0 Å². The van der Waals surface area contributed by atoms with Crippen LogP contribution >= 0.6 is 0 Å². The average Bonchev–Trinajstić information content (AvgIpc) is 3.25. The molecule has 3 rings (SSSR count). The fourth-order valence-electron chi connectivity index (χ4n) is 3.62. The van der Waals surface area contributed by atoms with Crippen LogP contribution in [-0.4, -0.2) is 81.5 Å². The zero-order chi connectivity index (χ0) is 21.5. The molecule has 10 heteroatoms. The second-order valence-corrected chi connectivity index (χ2v) is 7.27. The van der Waals surface area contributed by atoms with E-state index in [1.807, 2.05) is 0 Å². The number of hydrogen-bond acceptors (Lipinski definition) is 7. The topological polar surface area (TPSA) is 127 Å². The molecule has 1 aromatic rings. The third-order valence-electron chi connectivity index (χ3n) is 5.13. The average molecular weight is 423 g/mol. The molecule has 5 atom stereocenters. The minimum Gasteiger partial charge on any atom is -0.497 e. The van der Waals surface area contributed by atoms with Crippen LogP contribution in [-0.2, 0) is 19.0 Å². The number of carbonyl (C=O) groups is 2. The van der Waals surface area contributed by atoms with Gasteiger partial charge in [0.15, 0.2) is 0 Å². The lowest BCUT2D eigenvalue weighted by molar-refractivity contribution is -0.124. The summed E-state index contributed by atoms with van der Waals surface area (Å²) in [7, 11) is 3.14. The van der Waals surface area contributed by atoms with E-state index in [0.29, 0.717) is 31.0 Å². The smallest absolute Gasteiger partial charge is 0.319 e. The second-order valence-electron chi connectivity index (χ2n) is 7.27. The van der Waals surface area contributed by atoms with Crippen molar-refractivity contribution in [2.45, 2.75) is 43.4 Å². The summed E-state index contributed by atoms with van der Waals surface area (Å²) in [6.07, 6.45) is -1.82. The monoisotopic (exact) mass is 423 g/mol. The van der Waals surface area contributed by atoms with Gasteiger partial charge in [0.05, 0.1) is 32.3 Å². The highest BCUT2D eigenvalue weighted by atomic mass is 16.6. The minimum absolute atomic E-state index is 0.125. The summed E-state index contributed by atoms with van der Waals surface area (Å²) in [6.45, 7) is 1.03. The van der Waals surface area contributed by atoms with Gasteiger partial charge in [-0.15, -0.1) is 0 Å². The van der Waals surface area contributed by atoms with Gasteiger partial charge in [-0.05, 0) is 24.3 Å². The standard InChI is InChI=1S/C20H29N3O7/c1-27-8-7-21-17(24)10-14-9-15-19(29-14)18(25)16(30-15)11-22-20(26)23-12-3-5-13(28-2)6-4-12/h3-6,14-16,18-19,25H,7-11H2,1-2H3,(H,21,24)(H2,22,23,26). The summed E-state index contributed by atoms with van der Waals surface area (Å²) < 4.78 is 21.6. The number of benzene rings is 1. The largest absolute Gasteiger partial charge is 0.497 e. The molecule has 0 radical (unpaired) electrons. The number of rotatable bonds is 9.